The van der Waals surface area contributed by atoms with Gasteiger partial charge in [-0.05, 0) is 38.5 Å². The molecule has 0 fully saturated rings. The van der Waals surface area contributed by atoms with E-state index in [9.17, 15) is 13.2 Å². The molecule has 0 unspecified atom stereocenters. The van der Waals surface area contributed by atoms with Crippen molar-refractivity contribution in [2.75, 3.05) is 11.9 Å². The van der Waals surface area contributed by atoms with Crippen LogP contribution in [0.2, 0.25) is 0 Å². The fraction of sp³-hybridized carbons (Fsp3) is 0.375. The lowest BCUT2D eigenvalue weighted by Gasteiger charge is -2.37. The molecule has 2 aliphatic rings. The van der Waals surface area contributed by atoms with Crippen molar-refractivity contribution in [2.45, 2.75) is 51.9 Å². The van der Waals surface area contributed by atoms with Gasteiger partial charge in [-0.1, -0.05) is 0 Å². The number of benzene rings is 2. The maximum absolute atomic E-state index is 15.0. The van der Waals surface area contributed by atoms with E-state index in [4.69, 9.17) is 4.74 Å². The molecule has 0 saturated heterocycles. The number of rotatable bonds is 3. The molecule has 0 amide bonds. The van der Waals surface area contributed by atoms with Crippen LogP contribution in [-0.4, -0.2) is 37.6 Å². The van der Waals surface area contributed by atoms with E-state index in [1.165, 1.54) is 10.8 Å². The number of hydrogen-bond donors (Lipinski definition) is 1. The third kappa shape index (κ3) is 3.39. The van der Waals surface area contributed by atoms with E-state index in [0.717, 1.165) is 16.8 Å². The lowest BCUT2D eigenvalue weighted by Crippen LogP contribution is -2.37. The van der Waals surface area contributed by atoms with Crippen molar-refractivity contribution in [3.05, 3.63) is 46.9 Å². The summed E-state index contributed by atoms with van der Waals surface area (Å²) in [5.41, 5.74) is -1.95. The Hall–Kier alpha value is -3.77. The Labute approximate surface area is 206 Å². The van der Waals surface area contributed by atoms with Crippen LogP contribution in [0.15, 0.2) is 18.3 Å². The van der Waals surface area contributed by atoms with Crippen molar-refractivity contribution >= 4 is 16.6 Å². The zero-order chi connectivity index (χ0) is 26.4. The minimum absolute atomic E-state index is 0.0305. The van der Waals surface area contributed by atoms with E-state index in [1.54, 1.807) is 20.8 Å². The Morgan fingerprint density at radius 1 is 1.19 bits per heavy atom. The van der Waals surface area contributed by atoms with Crippen LogP contribution in [0.25, 0.3) is 27.7 Å². The summed E-state index contributed by atoms with van der Waals surface area (Å²) in [6.07, 6.45) is -6.23. The van der Waals surface area contributed by atoms with Gasteiger partial charge in [0.05, 0.1) is 40.8 Å². The minimum atomic E-state index is -4.92. The molecule has 7 nitrogen and oxygen atoms in total. The number of nitrogens with zero attached hydrogens (tertiary/aromatic N) is 5. The number of alkyl halides is 5. The maximum atomic E-state index is 15.0. The van der Waals surface area contributed by atoms with Crippen molar-refractivity contribution < 1.29 is 31.1 Å². The third-order valence-corrected chi connectivity index (χ3v) is 6.76. The molecule has 4 aromatic rings. The Bertz CT molecular complexity index is 1590. The van der Waals surface area contributed by atoms with Crippen molar-refractivity contribution in [1.82, 2.24) is 24.5 Å². The molecular weight excluding hydrogens is 502 g/mol. The normalized spacial score (nSPS) is 15.9. The highest BCUT2D eigenvalue weighted by Crippen LogP contribution is 2.56. The number of ether oxygens (including phenoxy) is 1. The Morgan fingerprint density at radius 2 is 1.95 bits per heavy atom. The molecule has 1 N–H and O–H groups in total. The smallest absolute Gasteiger partial charge is 0.419 e. The SMILES string of the molecule is Cc1nnc2n1-c1c(c3c(c(-c4cc(F)cc5c4cnn5CC(F)F)c1C(F)(F)F)OCC3)NC2(C)C. The summed E-state index contributed by atoms with van der Waals surface area (Å²) in [5, 5.41) is 15.4. The lowest BCUT2D eigenvalue weighted by atomic mass is 9.87. The fourth-order valence-corrected chi connectivity index (χ4v) is 5.34. The number of nitrogens with one attached hydrogen (secondary N) is 1. The van der Waals surface area contributed by atoms with Crippen molar-refractivity contribution in [1.29, 1.82) is 0 Å². The number of aryl methyl sites for hydroxylation is 1. The highest BCUT2D eigenvalue weighted by Gasteiger charge is 2.47. The van der Waals surface area contributed by atoms with Gasteiger partial charge >= 0.3 is 6.18 Å². The lowest BCUT2D eigenvalue weighted by molar-refractivity contribution is -0.137. The van der Waals surface area contributed by atoms with Gasteiger partial charge in [0.25, 0.3) is 6.43 Å². The minimum Gasteiger partial charge on any atom is -0.492 e. The van der Waals surface area contributed by atoms with Gasteiger partial charge in [-0.2, -0.15) is 18.3 Å². The number of aromatic nitrogens is 5. The Balaban J connectivity index is 1.77. The van der Waals surface area contributed by atoms with Gasteiger partial charge in [-0.25, -0.2) is 13.2 Å². The van der Waals surface area contributed by atoms with Crippen molar-refractivity contribution in [3.8, 4) is 22.6 Å². The second-order valence-corrected chi connectivity index (χ2v) is 9.64. The molecule has 0 spiro atoms. The van der Waals surface area contributed by atoms with E-state index in [2.05, 4.69) is 20.6 Å². The second kappa shape index (κ2) is 7.62. The number of hydrogen-bond acceptors (Lipinski definition) is 5. The number of halogens is 6. The molecule has 0 saturated carbocycles. The fourth-order valence-electron chi connectivity index (χ4n) is 5.34. The molecule has 2 aromatic heterocycles. The summed E-state index contributed by atoms with van der Waals surface area (Å²) in [6, 6.07) is 1.93. The zero-order valence-corrected chi connectivity index (χ0v) is 19.8. The van der Waals surface area contributed by atoms with E-state index in [0.29, 0.717) is 12.0 Å². The predicted molar refractivity (Wildman–Crippen MR) is 122 cm³/mol. The standard InChI is InChI=1S/C24H20F6N6O/c1-10-33-34-22-23(2,3)32-19-12-4-5-37-21(12)17(18(24(28,29)30)20(19)36(10)22)13-6-11(25)7-15-14(13)8-31-35(15)9-16(26)27/h6-8,16,32H,4-5,9H2,1-3H3. The highest BCUT2D eigenvalue weighted by molar-refractivity contribution is 6.00. The average molecular weight is 522 g/mol. The van der Waals surface area contributed by atoms with Crippen LogP contribution in [0.3, 0.4) is 0 Å². The van der Waals surface area contributed by atoms with Gasteiger partial charge < -0.3 is 10.1 Å². The third-order valence-electron chi connectivity index (χ3n) is 6.76. The quantitative estimate of drug-likeness (QED) is 0.354. The van der Waals surface area contributed by atoms with Crippen LogP contribution in [0.1, 0.15) is 36.6 Å². The summed E-state index contributed by atoms with van der Waals surface area (Å²) >= 11 is 0. The molecule has 194 valence electrons. The van der Waals surface area contributed by atoms with E-state index in [1.807, 2.05) is 0 Å². The molecule has 0 radical (unpaired) electrons. The van der Waals surface area contributed by atoms with E-state index < -0.39 is 36.1 Å². The molecule has 13 heteroatoms. The van der Waals surface area contributed by atoms with Gasteiger partial charge in [-0.3, -0.25) is 9.25 Å². The first-order valence-electron chi connectivity index (χ1n) is 11.5. The predicted octanol–water partition coefficient (Wildman–Crippen LogP) is 5.61. The summed E-state index contributed by atoms with van der Waals surface area (Å²) in [7, 11) is 0. The summed E-state index contributed by atoms with van der Waals surface area (Å²) in [4.78, 5) is 0. The van der Waals surface area contributed by atoms with E-state index >= 15 is 13.2 Å². The molecule has 2 aromatic carbocycles. The maximum Gasteiger partial charge on any atom is 0.419 e. The molecule has 37 heavy (non-hydrogen) atoms. The van der Waals surface area contributed by atoms with Gasteiger partial charge in [0.2, 0.25) is 0 Å². The Morgan fingerprint density at radius 3 is 2.65 bits per heavy atom. The topological polar surface area (TPSA) is 69.8 Å². The first-order valence-corrected chi connectivity index (χ1v) is 11.5. The molecular formula is C24H20F6N6O. The molecule has 0 atom stereocenters. The first-order chi connectivity index (χ1) is 17.4. The largest absolute Gasteiger partial charge is 0.492 e. The van der Waals surface area contributed by atoms with Crippen LogP contribution in [0.5, 0.6) is 5.75 Å². The molecule has 0 bridgehead atoms. The summed E-state index contributed by atoms with van der Waals surface area (Å²) in [5.74, 6) is -0.397. The van der Waals surface area contributed by atoms with Crippen LogP contribution < -0.4 is 10.1 Å². The highest BCUT2D eigenvalue weighted by atomic mass is 19.4. The summed E-state index contributed by atoms with van der Waals surface area (Å²) in [6.45, 7) is 4.41. The molecule has 4 heterocycles. The monoisotopic (exact) mass is 522 g/mol. The molecule has 0 aliphatic carbocycles. The average Bonchev–Trinajstić information content (AvgIpc) is 3.51. The first kappa shape index (κ1) is 23.6. The Kier molecular flexibility index (Phi) is 4.86. The van der Waals surface area contributed by atoms with E-state index in [-0.39, 0.29) is 57.4 Å². The summed E-state index contributed by atoms with van der Waals surface area (Å²) < 4.78 is 94.2. The van der Waals surface area contributed by atoms with Crippen LogP contribution >= 0.6 is 0 Å². The van der Waals surface area contributed by atoms with Gasteiger partial charge in [0.1, 0.15) is 23.9 Å². The van der Waals surface area contributed by atoms with Crippen molar-refractivity contribution in [2.24, 2.45) is 0 Å². The number of anilines is 1. The van der Waals surface area contributed by atoms with Crippen LogP contribution in [-0.2, 0) is 24.7 Å². The zero-order valence-electron chi connectivity index (χ0n) is 19.8. The van der Waals surface area contributed by atoms with Gasteiger partial charge in [0.15, 0.2) is 5.82 Å². The number of fused-ring (bicyclic) bond motifs is 6. The molecule has 6 rings (SSSR count). The van der Waals surface area contributed by atoms with Crippen LogP contribution in [0.4, 0.5) is 32.0 Å². The van der Waals surface area contributed by atoms with Gasteiger partial charge in [0, 0.05) is 22.9 Å². The molecule has 2 aliphatic heterocycles. The van der Waals surface area contributed by atoms with Gasteiger partial charge in [-0.15, -0.1) is 10.2 Å². The second-order valence-electron chi connectivity index (χ2n) is 9.64. The van der Waals surface area contributed by atoms with Crippen molar-refractivity contribution in [3.63, 3.8) is 0 Å². The van der Waals surface area contributed by atoms with Crippen LogP contribution in [0, 0.1) is 12.7 Å².